The number of thioether (sulfide) groups is 1. The molecule has 180 valence electrons. The molecule has 0 spiro atoms. The smallest absolute Gasteiger partial charge is 0.323 e. The number of amides is 2. The molecule has 2 bridgehead atoms. The number of urea groups is 1. The predicted octanol–water partition coefficient (Wildman–Crippen LogP) is 4.75. The quantitative estimate of drug-likeness (QED) is 0.372. The molecular weight excluding hydrogens is 490 g/mol. The van der Waals surface area contributed by atoms with E-state index in [4.69, 9.17) is 11.6 Å². The highest BCUT2D eigenvalue weighted by atomic mass is 35.5. The average Bonchev–Trinajstić information content (AvgIpc) is 3.19. The fraction of sp³-hybridized carbons (Fsp3) is 0.261. The number of hydrogen-bond acceptors (Lipinski definition) is 8. The number of halogens is 1. The first kappa shape index (κ1) is 23.2. The van der Waals surface area contributed by atoms with Gasteiger partial charge in [0.25, 0.3) is 5.69 Å². The summed E-state index contributed by atoms with van der Waals surface area (Å²) in [7, 11) is 1.96. The number of hydrogen-bond donors (Lipinski definition) is 2. The third kappa shape index (κ3) is 4.69. The number of aromatic nitrogens is 2. The molecule has 3 heterocycles. The molecule has 1 saturated heterocycles. The van der Waals surface area contributed by atoms with Crippen molar-refractivity contribution in [3.63, 3.8) is 0 Å². The molecule has 1 aromatic heterocycles. The van der Waals surface area contributed by atoms with Crippen molar-refractivity contribution in [1.29, 1.82) is 0 Å². The van der Waals surface area contributed by atoms with Gasteiger partial charge in [0.05, 0.1) is 16.5 Å². The van der Waals surface area contributed by atoms with Crippen molar-refractivity contribution in [2.75, 3.05) is 34.9 Å². The van der Waals surface area contributed by atoms with Crippen molar-refractivity contribution >= 4 is 52.4 Å². The maximum absolute atomic E-state index is 13.4. The molecule has 2 atom stereocenters. The molecule has 0 aliphatic carbocycles. The Kier molecular flexibility index (Phi) is 6.35. The van der Waals surface area contributed by atoms with Gasteiger partial charge in [0, 0.05) is 48.7 Å². The number of anilines is 3. The van der Waals surface area contributed by atoms with Crippen LogP contribution in [0.1, 0.15) is 16.5 Å². The van der Waals surface area contributed by atoms with Crippen LogP contribution in [0.3, 0.4) is 0 Å². The van der Waals surface area contributed by atoms with Crippen LogP contribution in [0.25, 0.3) is 0 Å². The minimum Gasteiger partial charge on any atom is -0.367 e. The number of benzene rings is 2. The molecule has 2 amide bonds. The summed E-state index contributed by atoms with van der Waals surface area (Å²) in [5.74, 6) is 2.22. The number of non-ortho nitro benzene ring substituents is 1. The Morgan fingerprint density at radius 3 is 2.71 bits per heavy atom. The first-order valence-electron chi connectivity index (χ1n) is 10.9. The highest BCUT2D eigenvalue weighted by Gasteiger charge is 2.44. The maximum Gasteiger partial charge on any atom is 0.323 e. The van der Waals surface area contributed by atoms with Crippen molar-refractivity contribution in [3.8, 4) is 0 Å². The van der Waals surface area contributed by atoms with E-state index in [1.165, 1.54) is 30.6 Å². The van der Waals surface area contributed by atoms with Gasteiger partial charge in [0.1, 0.15) is 23.3 Å². The monoisotopic (exact) mass is 511 g/mol. The lowest BCUT2D eigenvalue weighted by atomic mass is 10.2. The van der Waals surface area contributed by atoms with E-state index in [0.29, 0.717) is 29.6 Å². The van der Waals surface area contributed by atoms with Gasteiger partial charge >= 0.3 is 6.03 Å². The Hall–Kier alpha value is -3.57. The van der Waals surface area contributed by atoms with Gasteiger partial charge in [-0.2, -0.15) is 0 Å². The van der Waals surface area contributed by atoms with Crippen LogP contribution in [0.2, 0.25) is 5.02 Å². The molecule has 2 aromatic carbocycles. The Morgan fingerprint density at radius 2 is 2.00 bits per heavy atom. The summed E-state index contributed by atoms with van der Waals surface area (Å²) in [6.45, 7) is 1.16. The van der Waals surface area contributed by atoms with E-state index in [-0.39, 0.29) is 23.1 Å². The van der Waals surface area contributed by atoms with Crippen molar-refractivity contribution in [2.45, 2.75) is 18.0 Å². The van der Waals surface area contributed by atoms with Gasteiger partial charge in [0.15, 0.2) is 0 Å². The molecule has 1 fully saturated rings. The molecule has 2 N–H and O–H groups in total. The third-order valence-electron chi connectivity index (χ3n) is 5.97. The second-order valence-electron chi connectivity index (χ2n) is 8.30. The number of nitro benzene ring substituents is 1. The second-order valence-corrected chi connectivity index (χ2v) is 9.85. The van der Waals surface area contributed by atoms with E-state index < -0.39 is 4.92 Å². The lowest BCUT2D eigenvalue weighted by Gasteiger charge is -2.29. The number of nitrogens with zero attached hydrogens (tertiary/aromatic N) is 5. The maximum atomic E-state index is 13.4. The van der Waals surface area contributed by atoms with Gasteiger partial charge in [-0.15, -0.1) is 11.8 Å². The van der Waals surface area contributed by atoms with Crippen molar-refractivity contribution in [2.24, 2.45) is 0 Å². The summed E-state index contributed by atoms with van der Waals surface area (Å²) >= 11 is 7.70. The highest BCUT2D eigenvalue weighted by molar-refractivity contribution is 7.99. The summed E-state index contributed by atoms with van der Waals surface area (Å²) in [5, 5.41) is 17.6. The third-order valence-corrected chi connectivity index (χ3v) is 7.57. The van der Waals surface area contributed by atoms with Crippen LogP contribution in [0.5, 0.6) is 0 Å². The van der Waals surface area contributed by atoms with Crippen molar-refractivity contribution in [3.05, 3.63) is 81.1 Å². The predicted molar refractivity (Wildman–Crippen MR) is 137 cm³/mol. The number of nitrogens with one attached hydrogen (secondary N) is 2. The van der Waals surface area contributed by atoms with Crippen LogP contribution in [0, 0.1) is 10.1 Å². The molecule has 2 aliphatic rings. The molecule has 35 heavy (non-hydrogen) atoms. The van der Waals surface area contributed by atoms with E-state index in [0.717, 1.165) is 22.7 Å². The van der Waals surface area contributed by atoms with E-state index in [9.17, 15) is 14.9 Å². The molecule has 0 unspecified atom stereocenters. The van der Waals surface area contributed by atoms with E-state index in [2.05, 4.69) is 20.6 Å². The molecule has 3 aromatic rings. The second kappa shape index (κ2) is 9.59. The van der Waals surface area contributed by atoms with Gasteiger partial charge < -0.3 is 20.4 Å². The van der Waals surface area contributed by atoms with Crippen LogP contribution >= 0.6 is 23.4 Å². The van der Waals surface area contributed by atoms with Crippen LogP contribution in [0.15, 0.2) is 54.9 Å². The number of carbonyl (C=O) groups excluding carboxylic acids is 1. The van der Waals surface area contributed by atoms with Crippen LogP contribution in [0.4, 0.5) is 27.8 Å². The van der Waals surface area contributed by atoms with Gasteiger partial charge in [0.2, 0.25) is 0 Å². The summed E-state index contributed by atoms with van der Waals surface area (Å²) in [6, 6.07) is 13.1. The molecule has 5 rings (SSSR count). The minimum atomic E-state index is -0.470. The Balaban J connectivity index is 1.42. The Morgan fingerprint density at radius 1 is 1.26 bits per heavy atom. The van der Waals surface area contributed by atoms with Gasteiger partial charge in [-0.05, 0) is 29.8 Å². The summed E-state index contributed by atoms with van der Waals surface area (Å²) < 4.78 is 0. The Bertz CT molecular complexity index is 1260. The van der Waals surface area contributed by atoms with Crippen LogP contribution < -0.4 is 15.5 Å². The summed E-state index contributed by atoms with van der Waals surface area (Å²) in [6.07, 6.45) is 1.53. The zero-order chi connectivity index (χ0) is 24.5. The number of rotatable bonds is 5. The number of fused-ring (bicyclic) bond motifs is 4. The molecule has 10 nitrogen and oxygen atoms in total. The standard InChI is InChI=1S/C23H22ClN7O3S/c1-29(11-14-2-4-15(24)5-3-14)21-19-20(26-13-27-21)25-10-18-12-35-22(19)30(18)23(32)28-16-6-8-17(9-7-16)31(33)34/h2-9,13,18,22H,10-12H2,1H3,(H,28,32)(H,25,26,27)/t18-,22-/m0/s1. The fourth-order valence-corrected chi connectivity index (χ4v) is 5.89. The van der Waals surface area contributed by atoms with Gasteiger partial charge in [-0.1, -0.05) is 23.7 Å². The molecule has 0 radical (unpaired) electrons. The van der Waals surface area contributed by atoms with Crippen LogP contribution in [-0.4, -0.2) is 51.2 Å². The SMILES string of the molecule is CN(Cc1ccc(Cl)cc1)c1ncnc2c1[C@@H]1SC[C@H](CN2)N1C(=O)Nc1ccc([N+](=O)[O-])cc1. The minimum absolute atomic E-state index is 0.0305. The zero-order valence-corrected chi connectivity index (χ0v) is 20.3. The first-order chi connectivity index (χ1) is 16.9. The summed E-state index contributed by atoms with van der Waals surface area (Å²) in [5.41, 5.74) is 2.40. The largest absolute Gasteiger partial charge is 0.367 e. The fourth-order valence-electron chi connectivity index (χ4n) is 4.27. The lowest BCUT2D eigenvalue weighted by Crippen LogP contribution is -2.42. The number of nitro groups is 1. The summed E-state index contributed by atoms with van der Waals surface area (Å²) in [4.78, 5) is 36.7. The van der Waals surface area contributed by atoms with E-state index >= 15 is 0 Å². The van der Waals surface area contributed by atoms with E-state index in [1.807, 2.05) is 41.1 Å². The molecular formula is C23H22ClN7O3S. The molecule has 12 heteroatoms. The molecule has 2 aliphatic heterocycles. The normalized spacial score (nSPS) is 18.3. The first-order valence-corrected chi connectivity index (χ1v) is 12.3. The average molecular weight is 512 g/mol. The lowest BCUT2D eigenvalue weighted by molar-refractivity contribution is -0.384. The highest BCUT2D eigenvalue weighted by Crippen LogP contribution is 2.48. The topological polar surface area (TPSA) is 117 Å². The number of carbonyl (C=O) groups is 1. The van der Waals surface area contributed by atoms with Crippen molar-refractivity contribution < 1.29 is 9.72 Å². The Labute approximate surface area is 210 Å². The van der Waals surface area contributed by atoms with Gasteiger partial charge in [-0.3, -0.25) is 10.1 Å². The molecule has 0 saturated carbocycles. The van der Waals surface area contributed by atoms with Gasteiger partial charge in [-0.25, -0.2) is 14.8 Å². The van der Waals surface area contributed by atoms with E-state index in [1.54, 1.807) is 11.8 Å². The van der Waals surface area contributed by atoms with Crippen LogP contribution in [-0.2, 0) is 6.54 Å². The zero-order valence-electron chi connectivity index (χ0n) is 18.7. The van der Waals surface area contributed by atoms with Crippen molar-refractivity contribution in [1.82, 2.24) is 14.9 Å².